The smallest absolute Gasteiger partial charge is 0.123 e. The van der Waals surface area contributed by atoms with Gasteiger partial charge in [0.15, 0.2) is 0 Å². The minimum atomic E-state index is -0.262. The summed E-state index contributed by atoms with van der Waals surface area (Å²) in [7, 11) is 3.45. The third-order valence-electron chi connectivity index (χ3n) is 3.15. The molecule has 0 aliphatic carbocycles. The zero-order valence-corrected chi connectivity index (χ0v) is 13.5. The summed E-state index contributed by atoms with van der Waals surface area (Å²) < 4.78 is 18.8. The van der Waals surface area contributed by atoms with Crippen LogP contribution in [-0.4, -0.2) is 19.9 Å². The van der Waals surface area contributed by atoms with Gasteiger partial charge in [-0.25, -0.2) is 4.39 Å². The Kier molecular flexibility index (Phi) is 5.91. The summed E-state index contributed by atoms with van der Waals surface area (Å²) in [6.07, 6.45) is 0. The molecule has 2 nitrogen and oxygen atoms in total. The molecule has 21 heavy (non-hydrogen) atoms. The van der Waals surface area contributed by atoms with Gasteiger partial charge in [-0.2, -0.15) is 0 Å². The molecule has 0 fully saturated rings. The Bertz CT molecular complexity index is 591. The second kappa shape index (κ2) is 7.69. The SMILES string of the molecule is CNC(CSc1ccc(Cl)cc1)c1cc(F)ccc1OC. The fraction of sp³-hybridized carbons (Fsp3) is 0.250. The molecule has 0 saturated heterocycles. The first-order valence-electron chi connectivity index (χ1n) is 6.53. The van der Waals surface area contributed by atoms with Gasteiger partial charge in [0.2, 0.25) is 0 Å². The molecule has 0 aromatic heterocycles. The fourth-order valence-electron chi connectivity index (χ4n) is 2.02. The van der Waals surface area contributed by atoms with Crippen molar-refractivity contribution in [2.24, 2.45) is 0 Å². The molecule has 0 amide bonds. The number of methoxy groups -OCH3 is 1. The van der Waals surface area contributed by atoms with Crippen LogP contribution in [0, 0.1) is 5.82 Å². The lowest BCUT2D eigenvalue weighted by Crippen LogP contribution is -2.19. The molecule has 5 heteroatoms. The normalized spacial score (nSPS) is 12.2. The standard InChI is InChI=1S/C16H17ClFNOS/c1-19-15(10-21-13-6-3-11(17)4-7-13)14-9-12(18)5-8-16(14)20-2/h3-9,15,19H,10H2,1-2H3. The van der Waals surface area contributed by atoms with Gasteiger partial charge in [0, 0.05) is 27.3 Å². The van der Waals surface area contributed by atoms with Gasteiger partial charge in [-0.1, -0.05) is 11.6 Å². The van der Waals surface area contributed by atoms with Crippen molar-refractivity contribution in [1.82, 2.24) is 5.32 Å². The van der Waals surface area contributed by atoms with Crippen LogP contribution >= 0.6 is 23.4 Å². The topological polar surface area (TPSA) is 21.3 Å². The summed E-state index contributed by atoms with van der Waals surface area (Å²) in [5.41, 5.74) is 0.821. The zero-order chi connectivity index (χ0) is 15.2. The van der Waals surface area contributed by atoms with Gasteiger partial charge < -0.3 is 10.1 Å². The lowest BCUT2D eigenvalue weighted by Gasteiger charge is -2.19. The molecule has 0 radical (unpaired) electrons. The van der Waals surface area contributed by atoms with Crippen molar-refractivity contribution in [2.45, 2.75) is 10.9 Å². The number of ether oxygens (including phenoxy) is 1. The summed E-state index contributed by atoms with van der Waals surface area (Å²) >= 11 is 7.56. The Morgan fingerprint density at radius 2 is 1.95 bits per heavy atom. The van der Waals surface area contributed by atoms with E-state index in [2.05, 4.69) is 5.32 Å². The lowest BCUT2D eigenvalue weighted by molar-refractivity contribution is 0.402. The molecule has 2 aromatic rings. The molecule has 2 rings (SSSR count). The summed E-state index contributed by atoms with van der Waals surface area (Å²) in [4.78, 5) is 1.12. The van der Waals surface area contributed by atoms with Crippen LogP contribution in [0.1, 0.15) is 11.6 Å². The molecule has 0 spiro atoms. The second-order valence-electron chi connectivity index (χ2n) is 4.49. The van der Waals surface area contributed by atoms with Gasteiger partial charge in [0.25, 0.3) is 0 Å². The van der Waals surface area contributed by atoms with Gasteiger partial charge in [0.05, 0.1) is 7.11 Å². The first-order chi connectivity index (χ1) is 10.1. The van der Waals surface area contributed by atoms with Crippen LogP contribution < -0.4 is 10.1 Å². The van der Waals surface area contributed by atoms with E-state index in [1.165, 1.54) is 12.1 Å². The van der Waals surface area contributed by atoms with Crippen molar-refractivity contribution < 1.29 is 9.13 Å². The Balaban J connectivity index is 2.12. The molecular formula is C16H17ClFNOS. The van der Waals surface area contributed by atoms with Gasteiger partial charge in [-0.05, 0) is 49.5 Å². The number of thioether (sulfide) groups is 1. The first kappa shape index (κ1) is 16.1. The zero-order valence-electron chi connectivity index (χ0n) is 11.9. The van der Waals surface area contributed by atoms with Crippen LogP contribution in [-0.2, 0) is 0 Å². The number of hydrogen-bond acceptors (Lipinski definition) is 3. The highest BCUT2D eigenvalue weighted by Crippen LogP contribution is 2.31. The van der Waals surface area contributed by atoms with Crippen LogP contribution in [0.25, 0.3) is 0 Å². The van der Waals surface area contributed by atoms with Crippen LogP contribution in [0.15, 0.2) is 47.4 Å². The van der Waals surface area contributed by atoms with Gasteiger partial charge in [-0.3, -0.25) is 0 Å². The number of nitrogens with one attached hydrogen (secondary N) is 1. The molecule has 0 saturated carbocycles. The van der Waals surface area contributed by atoms with E-state index >= 15 is 0 Å². The van der Waals surface area contributed by atoms with E-state index in [-0.39, 0.29) is 11.9 Å². The average molecular weight is 326 g/mol. The van der Waals surface area contributed by atoms with E-state index in [0.717, 1.165) is 21.2 Å². The first-order valence-corrected chi connectivity index (χ1v) is 7.89. The largest absolute Gasteiger partial charge is 0.496 e. The van der Waals surface area contributed by atoms with Crippen molar-refractivity contribution >= 4 is 23.4 Å². The average Bonchev–Trinajstić information content (AvgIpc) is 2.50. The predicted molar refractivity (Wildman–Crippen MR) is 86.9 cm³/mol. The van der Waals surface area contributed by atoms with Crippen molar-refractivity contribution in [3.05, 3.63) is 58.9 Å². The maximum Gasteiger partial charge on any atom is 0.123 e. The third kappa shape index (κ3) is 4.37. The molecular weight excluding hydrogens is 309 g/mol. The third-order valence-corrected chi connectivity index (χ3v) is 4.50. The van der Waals surface area contributed by atoms with E-state index in [0.29, 0.717) is 5.75 Å². The molecule has 1 N–H and O–H groups in total. The molecule has 1 atom stereocenters. The summed E-state index contributed by atoms with van der Waals surface area (Å²) in [5.74, 6) is 1.19. The molecule has 0 aliphatic rings. The molecule has 1 unspecified atom stereocenters. The highest BCUT2D eigenvalue weighted by Gasteiger charge is 2.15. The van der Waals surface area contributed by atoms with Crippen molar-refractivity contribution in [3.8, 4) is 5.75 Å². The number of hydrogen-bond donors (Lipinski definition) is 1. The van der Waals surface area contributed by atoms with Crippen molar-refractivity contribution in [3.63, 3.8) is 0 Å². The van der Waals surface area contributed by atoms with E-state index in [1.54, 1.807) is 24.9 Å². The van der Waals surface area contributed by atoms with Gasteiger partial charge in [0.1, 0.15) is 11.6 Å². The van der Waals surface area contributed by atoms with Crippen LogP contribution in [0.2, 0.25) is 5.02 Å². The van der Waals surface area contributed by atoms with E-state index in [9.17, 15) is 4.39 Å². The number of rotatable bonds is 6. The molecule has 0 aliphatic heterocycles. The predicted octanol–water partition coefficient (Wildman–Crippen LogP) is 4.54. The molecule has 0 bridgehead atoms. The Morgan fingerprint density at radius 3 is 2.57 bits per heavy atom. The molecule has 0 heterocycles. The minimum absolute atomic E-state index is 0.00340. The van der Waals surface area contributed by atoms with Crippen molar-refractivity contribution in [1.29, 1.82) is 0 Å². The maximum absolute atomic E-state index is 13.5. The van der Waals surface area contributed by atoms with Gasteiger partial charge >= 0.3 is 0 Å². The summed E-state index contributed by atoms with van der Waals surface area (Å²) in [5, 5.41) is 3.93. The van der Waals surface area contributed by atoms with Gasteiger partial charge in [-0.15, -0.1) is 11.8 Å². The van der Waals surface area contributed by atoms with E-state index in [4.69, 9.17) is 16.3 Å². The Labute approximate surface area is 133 Å². The molecule has 112 valence electrons. The van der Waals surface area contributed by atoms with E-state index < -0.39 is 0 Å². The summed E-state index contributed by atoms with van der Waals surface area (Å²) in [6.45, 7) is 0. The quantitative estimate of drug-likeness (QED) is 0.788. The van der Waals surface area contributed by atoms with Crippen LogP contribution in [0.3, 0.4) is 0 Å². The Morgan fingerprint density at radius 1 is 1.24 bits per heavy atom. The number of benzene rings is 2. The minimum Gasteiger partial charge on any atom is -0.496 e. The monoisotopic (exact) mass is 325 g/mol. The Hall–Kier alpha value is -1.23. The van der Waals surface area contributed by atoms with Crippen LogP contribution in [0.5, 0.6) is 5.75 Å². The highest BCUT2D eigenvalue weighted by atomic mass is 35.5. The number of halogens is 2. The molecule has 2 aromatic carbocycles. The van der Waals surface area contributed by atoms with Crippen molar-refractivity contribution in [2.75, 3.05) is 19.9 Å². The fourth-order valence-corrected chi connectivity index (χ4v) is 3.18. The van der Waals surface area contributed by atoms with Crippen LogP contribution in [0.4, 0.5) is 4.39 Å². The highest BCUT2D eigenvalue weighted by molar-refractivity contribution is 7.99. The lowest BCUT2D eigenvalue weighted by atomic mass is 10.1. The maximum atomic E-state index is 13.5. The van der Waals surface area contributed by atoms with E-state index in [1.807, 2.05) is 31.3 Å². The second-order valence-corrected chi connectivity index (χ2v) is 6.02. The summed E-state index contributed by atoms with van der Waals surface area (Å²) in [6, 6.07) is 12.2.